The molecule has 0 aliphatic heterocycles. The molecule has 2 N–H and O–H groups in total. The Morgan fingerprint density at radius 1 is 1.42 bits per heavy atom. The summed E-state index contributed by atoms with van der Waals surface area (Å²) in [5, 5.41) is 17.9. The molecule has 72 valence electrons. The smallest absolute Gasteiger partial charge is 0.0796 e. The predicted molar refractivity (Wildman–Crippen MR) is 50.9 cm³/mol. The van der Waals surface area contributed by atoms with Gasteiger partial charge in [-0.05, 0) is 32.6 Å². The van der Waals surface area contributed by atoms with Crippen molar-refractivity contribution in [3.8, 4) is 0 Å². The van der Waals surface area contributed by atoms with Gasteiger partial charge in [0, 0.05) is 0 Å². The van der Waals surface area contributed by atoms with Crippen LogP contribution in [0.4, 0.5) is 0 Å². The highest BCUT2D eigenvalue weighted by Gasteiger charge is 2.11. The van der Waals surface area contributed by atoms with Crippen LogP contribution in [-0.2, 0) is 0 Å². The van der Waals surface area contributed by atoms with E-state index in [-0.39, 0.29) is 12.5 Å². The molecule has 0 radical (unpaired) electrons. The van der Waals surface area contributed by atoms with Crippen LogP contribution in [0.5, 0.6) is 0 Å². The lowest BCUT2D eigenvalue weighted by atomic mass is 9.99. The first kappa shape index (κ1) is 11.7. The molecule has 0 aliphatic carbocycles. The molecule has 0 unspecified atom stereocenters. The molecule has 0 saturated carbocycles. The minimum Gasteiger partial charge on any atom is -0.394 e. The lowest BCUT2D eigenvalue weighted by Gasteiger charge is -2.15. The van der Waals surface area contributed by atoms with Gasteiger partial charge in [-0.2, -0.15) is 0 Å². The van der Waals surface area contributed by atoms with Crippen molar-refractivity contribution in [2.24, 2.45) is 5.92 Å². The van der Waals surface area contributed by atoms with Gasteiger partial charge in [-0.1, -0.05) is 18.6 Å². The summed E-state index contributed by atoms with van der Waals surface area (Å²) in [6, 6.07) is 0. The zero-order valence-electron chi connectivity index (χ0n) is 8.25. The lowest BCUT2D eigenvalue weighted by molar-refractivity contribution is 0.0507. The zero-order valence-corrected chi connectivity index (χ0v) is 8.25. The maximum atomic E-state index is 9.22. The monoisotopic (exact) mass is 172 g/mol. The van der Waals surface area contributed by atoms with Crippen LogP contribution < -0.4 is 0 Å². The van der Waals surface area contributed by atoms with Gasteiger partial charge >= 0.3 is 0 Å². The third-order valence-corrected chi connectivity index (χ3v) is 2.02. The van der Waals surface area contributed by atoms with E-state index in [4.69, 9.17) is 5.11 Å². The van der Waals surface area contributed by atoms with E-state index < -0.39 is 6.10 Å². The van der Waals surface area contributed by atoms with Gasteiger partial charge in [0.2, 0.25) is 0 Å². The standard InChI is InChI=1S/C10H20O2/c1-8(2)5-4-6-9(3)10(12)7-11/h5,9-12H,4,6-7H2,1-3H3/t9-,10-/m1/s1. The molecule has 0 amide bonds. The molecule has 0 aliphatic rings. The summed E-state index contributed by atoms with van der Waals surface area (Å²) >= 11 is 0. The topological polar surface area (TPSA) is 40.5 Å². The molecule has 0 aromatic heterocycles. The molecular weight excluding hydrogens is 152 g/mol. The summed E-state index contributed by atoms with van der Waals surface area (Å²) in [7, 11) is 0. The Balaban J connectivity index is 3.57. The van der Waals surface area contributed by atoms with E-state index in [0.29, 0.717) is 0 Å². The summed E-state index contributed by atoms with van der Waals surface area (Å²) in [5.74, 6) is 0.186. The Kier molecular flexibility index (Phi) is 6.03. The Labute approximate surface area is 74.9 Å². The molecule has 2 heteroatoms. The van der Waals surface area contributed by atoms with Crippen molar-refractivity contribution < 1.29 is 10.2 Å². The van der Waals surface area contributed by atoms with Crippen molar-refractivity contribution in [3.63, 3.8) is 0 Å². The fourth-order valence-electron chi connectivity index (χ4n) is 1.01. The third-order valence-electron chi connectivity index (χ3n) is 2.02. The van der Waals surface area contributed by atoms with Crippen LogP contribution in [0.3, 0.4) is 0 Å². The molecule has 0 aromatic carbocycles. The van der Waals surface area contributed by atoms with Crippen molar-refractivity contribution in [2.75, 3.05) is 6.61 Å². The van der Waals surface area contributed by atoms with Gasteiger partial charge in [-0.15, -0.1) is 0 Å². The van der Waals surface area contributed by atoms with E-state index in [1.807, 2.05) is 6.92 Å². The number of aliphatic hydroxyl groups is 2. The summed E-state index contributed by atoms with van der Waals surface area (Å²) < 4.78 is 0. The summed E-state index contributed by atoms with van der Waals surface area (Å²) in [6.07, 6.45) is 3.52. The molecule has 0 rings (SSSR count). The zero-order chi connectivity index (χ0) is 9.56. The maximum Gasteiger partial charge on any atom is 0.0796 e. The van der Waals surface area contributed by atoms with E-state index >= 15 is 0 Å². The van der Waals surface area contributed by atoms with Crippen molar-refractivity contribution in [3.05, 3.63) is 11.6 Å². The van der Waals surface area contributed by atoms with Crippen LogP contribution in [-0.4, -0.2) is 22.9 Å². The van der Waals surface area contributed by atoms with Crippen molar-refractivity contribution in [1.82, 2.24) is 0 Å². The fraction of sp³-hybridized carbons (Fsp3) is 0.800. The van der Waals surface area contributed by atoms with E-state index in [1.54, 1.807) is 0 Å². The van der Waals surface area contributed by atoms with Gasteiger partial charge in [0.15, 0.2) is 0 Å². The van der Waals surface area contributed by atoms with Gasteiger partial charge in [0.25, 0.3) is 0 Å². The first-order chi connectivity index (χ1) is 5.57. The van der Waals surface area contributed by atoms with Crippen molar-refractivity contribution in [1.29, 1.82) is 0 Å². The largest absolute Gasteiger partial charge is 0.394 e. The maximum absolute atomic E-state index is 9.22. The van der Waals surface area contributed by atoms with E-state index in [2.05, 4.69) is 19.9 Å². The number of rotatable bonds is 5. The van der Waals surface area contributed by atoms with Crippen LogP contribution in [0.25, 0.3) is 0 Å². The Hall–Kier alpha value is -0.340. The lowest BCUT2D eigenvalue weighted by Crippen LogP contribution is -2.21. The Morgan fingerprint density at radius 2 is 2.00 bits per heavy atom. The number of hydrogen-bond donors (Lipinski definition) is 2. The van der Waals surface area contributed by atoms with Gasteiger partial charge in [0.1, 0.15) is 0 Å². The highest BCUT2D eigenvalue weighted by molar-refractivity contribution is 4.92. The molecule has 2 atom stereocenters. The van der Waals surface area contributed by atoms with Crippen LogP contribution in [0.1, 0.15) is 33.6 Å². The number of hydrogen-bond acceptors (Lipinski definition) is 2. The predicted octanol–water partition coefficient (Wildman–Crippen LogP) is 1.72. The van der Waals surface area contributed by atoms with Crippen LogP contribution in [0.2, 0.25) is 0 Å². The fourth-order valence-corrected chi connectivity index (χ4v) is 1.01. The Bertz CT molecular complexity index is 137. The SMILES string of the molecule is CC(C)=CCC[C@@H](C)[C@H](O)CO. The van der Waals surface area contributed by atoms with E-state index in [9.17, 15) is 5.11 Å². The minimum atomic E-state index is -0.560. The molecule has 0 aromatic rings. The molecule has 0 fully saturated rings. The average Bonchev–Trinajstić information content (AvgIpc) is 2.02. The van der Waals surface area contributed by atoms with Crippen LogP contribution >= 0.6 is 0 Å². The van der Waals surface area contributed by atoms with E-state index in [1.165, 1.54) is 5.57 Å². The molecule has 2 nitrogen and oxygen atoms in total. The average molecular weight is 172 g/mol. The summed E-state index contributed by atoms with van der Waals surface area (Å²) in [5.41, 5.74) is 1.31. The second-order valence-electron chi connectivity index (χ2n) is 3.59. The van der Waals surface area contributed by atoms with Gasteiger partial charge in [-0.3, -0.25) is 0 Å². The highest BCUT2D eigenvalue weighted by atomic mass is 16.3. The van der Waals surface area contributed by atoms with Gasteiger partial charge < -0.3 is 10.2 Å². The summed E-state index contributed by atoms with van der Waals surface area (Å²) in [6.45, 7) is 5.95. The highest BCUT2D eigenvalue weighted by Crippen LogP contribution is 2.11. The molecule has 0 bridgehead atoms. The van der Waals surface area contributed by atoms with Gasteiger partial charge in [-0.25, -0.2) is 0 Å². The molecule has 12 heavy (non-hydrogen) atoms. The molecule has 0 spiro atoms. The Morgan fingerprint density at radius 3 is 2.42 bits per heavy atom. The first-order valence-corrected chi connectivity index (χ1v) is 4.50. The van der Waals surface area contributed by atoms with E-state index in [0.717, 1.165) is 12.8 Å². The minimum absolute atomic E-state index is 0.129. The van der Waals surface area contributed by atoms with Gasteiger partial charge in [0.05, 0.1) is 12.7 Å². The second-order valence-corrected chi connectivity index (χ2v) is 3.59. The third kappa shape index (κ3) is 5.33. The van der Waals surface area contributed by atoms with Crippen LogP contribution in [0.15, 0.2) is 11.6 Å². The molecule has 0 saturated heterocycles. The quantitative estimate of drug-likeness (QED) is 0.620. The number of allylic oxidation sites excluding steroid dienone is 2. The van der Waals surface area contributed by atoms with Crippen molar-refractivity contribution >= 4 is 0 Å². The van der Waals surface area contributed by atoms with Crippen LogP contribution in [0, 0.1) is 5.92 Å². The second kappa shape index (κ2) is 6.21. The normalized spacial score (nSPS) is 15.4. The molecular formula is C10H20O2. The molecule has 0 heterocycles. The van der Waals surface area contributed by atoms with Crippen molar-refractivity contribution in [2.45, 2.75) is 39.7 Å². The first-order valence-electron chi connectivity index (χ1n) is 4.50. The summed E-state index contributed by atoms with van der Waals surface area (Å²) in [4.78, 5) is 0. The number of aliphatic hydroxyl groups excluding tert-OH is 2.